The summed E-state index contributed by atoms with van der Waals surface area (Å²) in [5.41, 5.74) is 0. The number of ketones is 1. The van der Waals surface area contributed by atoms with Crippen LogP contribution in [-0.2, 0) is 19.1 Å². The fourth-order valence-corrected chi connectivity index (χ4v) is 2.35. The van der Waals surface area contributed by atoms with Crippen LogP contribution in [0.2, 0.25) is 0 Å². The highest BCUT2D eigenvalue weighted by Crippen LogP contribution is 2.15. The number of carbonyl (C=O) groups is 2. The van der Waals surface area contributed by atoms with Crippen LogP contribution in [0.4, 0.5) is 0 Å². The molecular formula is C12H20N2O4. The predicted octanol–water partition coefficient (Wildman–Crippen LogP) is -0.961. The highest BCUT2D eigenvalue weighted by atomic mass is 16.5. The number of morpholine rings is 1. The average molecular weight is 256 g/mol. The van der Waals surface area contributed by atoms with E-state index in [0.29, 0.717) is 39.5 Å². The van der Waals surface area contributed by atoms with Gasteiger partial charge in [-0.2, -0.15) is 0 Å². The van der Waals surface area contributed by atoms with Crippen LogP contribution in [0, 0.1) is 5.92 Å². The molecule has 6 nitrogen and oxygen atoms in total. The second kappa shape index (κ2) is 6.26. The average Bonchev–Trinajstić information content (AvgIpc) is 2.92. The van der Waals surface area contributed by atoms with Crippen LogP contribution in [0.3, 0.4) is 0 Å². The Bertz CT molecular complexity index is 315. The summed E-state index contributed by atoms with van der Waals surface area (Å²) in [5.74, 6) is 0.0756. The molecule has 2 heterocycles. The maximum absolute atomic E-state index is 12.1. The molecule has 2 saturated heterocycles. The van der Waals surface area contributed by atoms with Gasteiger partial charge in [0.05, 0.1) is 26.4 Å². The quantitative estimate of drug-likeness (QED) is 0.701. The first-order chi connectivity index (χ1) is 8.72. The van der Waals surface area contributed by atoms with E-state index in [1.54, 1.807) is 7.05 Å². The first kappa shape index (κ1) is 13.5. The smallest absolute Gasteiger partial charge is 0.239 e. The third-order valence-electron chi connectivity index (χ3n) is 3.53. The Morgan fingerprint density at radius 3 is 2.72 bits per heavy atom. The molecular weight excluding hydrogens is 236 g/mol. The van der Waals surface area contributed by atoms with Crippen LogP contribution in [0.5, 0.6) is 0 Å². The largest absolute Gasteiger partial charge is 0.381 e. The maximum atomic E-state index is 12.1. The van der Waals surface area contributed by atoms with Crippen molar-refractivity contribution in [2.24, 2.45) is 5.92 Å². The van der Waals surface area contributed by atoms with E-state index in [0.717, 1.165) is 6.42 Å². The van der Waals surface area contributed by atoms with Gasteiger partial charge in [0, 0.05) is 26.1 Å². The normalized spacial score (nSPS) is 29.2. The summed E-state index contributed by atoms with van der Waals surface area (Å²) >= 11 is 0. The first-order valence-corrected chi connectivity index (χ1v) is 6.36. The minimum atomic E-state index is -0.352. The van der Waals surface area contributed by atoms with Crippen molar-refractivity contribution in [3.8, 4) is 0 Å². The summed E-state index contributed by atoms with van der Waals surface area (Å²) in [6, 6.07) is -0.352. The number of amides is 1. The standard InChI is InChI=1S/C12H20N2O4/c1-13-12(16)10-8-18-5-3-14(10)6-11(15)9-2-4-17-7-9/h9-10H,2-8H2,1H3,(H,13,16). The van der Waals surface area contributed by atoms with Gasteiger partial charge in [0.1, 0.15) is 6.04 Å². The van der Waals surface area contributed by atoms with Crippen molar-refractivity contribution in [3.05, 3.63) is 0 Å². The molecule has 0 bridgehead atoms. The molecule has 0 radical (unpaired) electrons. The molecule has 0 aromatic rings. The van der Waals surface area contributed by atoms with E-state index < -0.39 is 0 Å². The zero-order valence-corrected chi connectivity index (χ0v) is 10.7. The topological polar surface area (TPSA) is 67.9 Å². The number of Topliss-reactive ketones (excluding diaryl/α,β-unsaturated/α-hetero) is 1. The summed E-state index contributed by atoms with van der Waals surface area (Å²) < 4.78 is 10.5. The number of nitrogens with one attached hydrogen (secondary N) is 1. The monoisotopic (exact) mass is 256 g/mol. The lowest BCUT2D eigenvalue weighted by Crippen LogP contribution is -2.55. The van der Waals surface area contributed by atoms with Crippen LogP contribution < -0.4 is 5.32 Å². The van der Waals surface area contributed by atoms with Crippen LogP contribution >= 0.6 is 0 Å². The second-order valence-electron chi connectivity index (χ2n) is 4.70. The van der Waals surface area contributed by atoms with Crippen LogP contribution in [-0.4, -0.2) is 69.2 Å². The minimum absolute atomic E-state index is 0.00168. The van der Waals surface area contributed by atoms with E-state index in [-0.39, 0.29) is 23.7 Å². The fourth-order valence-electron chi connectivity index (χ4n) is 2.35. The number of hydrogen-bond acceptors (Lipinski definition) is 5. The van der Waals surface area contributed by atoms with E-state index in [4.69, 9.17) is 9.47 Å². The molecule has 2 rings (SSSR count). The molecule has 2 unspecified atom stereocenters. The number of carbonyl (C=O) groups excluding carboxylic acids is 2. The molecule has 2 fully saturated rings. The van der Waals surface area contributed by atoms with Crippen molar-refractivity contribution in [1.82, 2.24) is 10.2 Å². The Balaban J connectivity index is 1.92. The van der Waals surface area contributed by atoms with Crippen LogP contribution in [0.1, 0.15) is 6.42 Å². The van der Waals surface area contributed by atoms with Gasteiger partial charge in [-0.25, -0.2) is 0 Å². The Kier molecular flexibility index (Phi) is 4.68. The molecule has 0 spiro atoms. The van der Waals surface area contributed by atoms with Crippen molar-refractivity contribution in [2.75, 3.05) is 46.6 Å². The summed E-state index contributed by atoms with van der Waals surface area (Å²) in [5, 5.41) is 2.61. The Labute approximate surface area is 107 Å². The summed E-state index contributed by atoms with van der Waals surface area (Å²) in [6.45, 7) is 3.05. The molecule has 0 saturated carbocycles. The zero-order valence-electron chi connectivity index (χ0n) is 10.7. The van der Waals surface area contributed by atoms with E-state index in [1.165, 1.54) is 0 Å². The molecule has 102 valence electrons. The van der Waals surface area contributed by atoms with Gasteiger partial charge >= 0.3 is 0 Å². The van der Waals surface area contributed by atoms with Crippen LogP contribution in [0.15, 0.2) is 0 Å². The van der Waals surface area contributed by atoms with E-state index >= 15 is 0 Å². The lowest BCUT2D eigenvalue weighted by atomic mass is 10.0. The number of ether oxygens (including phenoxy) is 2. The van der Waals surface area contributed by atoms with E-state index in [1.807, 2.05) is 4.90 Å². The number of likely N-dealkylation sites (N-methyl/N-ethyl adjacent to an activating group) is 1. The van der Waals surface area contributed by atoms with Gasteiger partial charge in [0.15, 0.2) is 5.78 Å². The molecule has 0 aromatic heterocycles. The molecule has 1 N–H and O–H groups in total. The number of nitrogens with zero attached hydrogens (tertiary/aromatic N) is 1. The molecule has 0 aromatic carbocycles. The Hall–Kier alpha value is -0.980. The molecule has 6 heteroatoms. The van der Waals surface area contributed by atoms with Gasteiger partial charge in [-0.1, -0.05) is 0 Å². The molecule has 2 atom stereocenters. The van der Waals surface area contributed by atoms with Gasteiger partial charge in [-0.3, -0.25) is 14.5 Å². The van der Waals surface area contributed by atoms with Crippen molar-refractivity contribution >= 4 is 11.7 Å². The third kappa shape index (κ3) is 3.07. The van der Waals surface area contributed by atoms with Gasteiger partial charge in [-0.15, -0.1) is 0 Å². The van der Waals surface area contributed by atoms with Crippen molar-refractivity contribution in [3.63, 3.8) is 0 Å². The first-order valence-electron chi connectivity index (χ1n) is 6.36. The van der Waals surface area contributed by atoms with Gasteiger partial charge < -0.3 is 14.8 Å². The van der Waals surface area contributed by atoms with Gasteiger partial charge in [-0.05, 0) is 6.42 Å². The molecule has 2 aliphatic heterocycles. The number of hydrogen-bond donors (Lipinski definition) is 1. The predicted molar refractivity (Wildman–Crippen MR) is 64.2 cm³/mol. The molecule has 18 heavy (non-hydrogen) atoms. The highest BCUT2D eigenvalue weighted by molar-refractivity contribution is 5.85. The molecule has 0 aliphatic carbocycles. The SMILES string of the molecule is CNC(=O)C1COCCN1CC(=O)C1CCOC1. The van der Waals surface area contributed by atoms with Crippen molar-refractivity contribution < 1.29 is 19.1 Å². The Morgan fingerprint density at radius 2 is 2.06 bits per heavy atom. The highest BCUT2D eigenvalue weighted by Gasteiger charge is 2.32. The van der Waals surface area contributed by atoms with Gasteiger partial charge in [0.2, 0.25) is 5.91 Å². The van der Waals surface area contributed by atoms with Gasteiger partial charge in [0.25, 0.3) is 0 Å². The lowest BCUT2D eigenvalue weighted by Gasteiger charge is -2.34. The zero-order chi connectivity index (χ0) is 13.0. The minimum Gasteiger partial charge on any atom is -0.381 e. The molecule has 1 amide bonds. The fraction of sp³-hybridized carbons (Fsp3) is 0.833. The number of rotatable bonds is 4. The summed E-state index contributed by atoms with van der Waals surface area (Å²) in [6.07, 6.45) is 0.799. The van der Waals surface area contributed by atoms with Crippen LogP contribution in [0.25, 0.3) is 0 Å². The maximum Gasteiger partial charge on any atom is 0.239 e. The second-order valence-corrected chi connectivity index (χ2v) is 4.70. The van der Waals surface area contributed by atoms with Crippen molar-refractivity contribution in [2.45, 2.75) is 12.5 Å². The summed E-state index contributed by atoms with van der Waals surface area (Å²) in [7, 11) is 1.60. The van der Waals surface area contributed by atoms with E-state index in [2.05, 4.69) is 5.32 Å². The Morgan fingerprint density at radius 1 is 1.28 bits per heavy atom. The third-order valence-corrected chi connectivity index (χ3v) is 3.53. The summed E-state index contributed by atoms with van der Waals surface area (Å²) in [4.78, 5) is 25.7. The van der Waals surface area contributed by atoms with E-state index in [9.17, 15) is 9.59 Å². The molecule has 2 aliphatic rings. The lowest BCUT2D eigenvalue weighted by molar-refractivity contribution is -0.135. The van der Waals surface area contributed by atoms with Crippen molar-refractivity contribution in [1.29, 1.82) is 0 Å².